The number of halogens is 1. The monoisotopic (exact) mass is 376 g/mol. The van der Waals surface area contributed by atoms with Crippen molar-refractivity contribution in [2.75, 3.05) is 0 Å². The second-order valence-corrected chi connectivity index (χ2v) is 9.79. The first-order valence-corrected chi connectivity index (χ1v) is 10.1. The van der Waals surface area contributed by atoms with Gasteiger partial charge in [0.15, 0.2) is 5.60 Å². The van der Waals surface area contributed by atoms with Gasteiger partial charge in [0.2, 0.25) is 0 Å². The number of benzene rings is 1. The molecule has 4 fully saturated rings. The molecule has 1 aromatic carbocycles. The molecule has 5 atom stereocenters. The fourth-order valence-electron chi connectivity index (χ4n) is 5.70. The summed E-state index contributed by atoms with van der Waals surface area (Å²) in [4.78, 5) is 13.0. The highest BCUT2D eigenvalue weighted by Gasteiger charge is 2.54. The third kappa shape index (κ3) is 3.22. The molecule has 0 saturated heterocycles. The molecule has 0 heterocycles. The largest absolute Gasteiger partial charge is 0.478 e. The van der Waals surface area contributed by atoms with E-state index in [1.165, 1.54) is 19.3 Å². The molecular weight excluding hydrogens is 348 g/mol. The van der Waals surface area contributed by atoms with Gasteiger partial charge in [0.25, 0.3) is 5.91 Å². The lowest BCUT2D eigenvalue weighted by Crippen LogP contribution is -2.66. The first kappa shape index (κ1) is 18.1. The van der Waals surface area contributed by atoms with Crippen molar-refractivity contribution < 1.29 is 9.53 Å². The van der Waals surface area contributed by atoms with Crippen LogP contribution in [0.2, 0.25) is 5.02 Å². The van der Waals surface area contributed by atoms with Gasteiger partial charge < -0.3 is 15.8 Å². The molecule has 4 nitrogen and oxygen atoms in total. The Balaban J connectivity index is 1.45. The maximum absolute atomic E-state index is 13.0. The molecule has 0 radical (unpaired) electrons. The van der Waals surface area contributed by atoms with Crippen LogP contribution in [-0.4, -0.2) is 23.1 Å². The summed E-state index contributed by atoms with van der Waals surface area (Å²) in [5.41, 5.74) is 6.59. The lowest BCUT2D eigenvalue weighted by atomic mass is 9.51. The van der Waals surface area contributed by atoms with Crippen molar-refractivity contribution in [2.24, 2.45) is 23.5 Å². The minimum Gasteiger partial charge on any atom is -0.478 e. The lowest BCUT2D eigenvalue weighted by molar-refractivity contribution is -0.138. The third-order valence-corrected chi connectivity index (χ3v) is 6.90. The van der Waals surface area contributed by atoms with Crippen LogP contribution < -0.4 is 15.8 Å². The summed E-state index contributed by atoms with van der Waals surface area (Å²) in [6, 6.07) is 5.71. The van der Waals surface area contributed by atoms with Gasteiger partial charge in [-0.2, -0.15) is 0 Å². The predicted octanol–water partition coefficient (Wildman–Crippen LogP) is 3.83. The molecule has 4 aliphatic rings. The van der Waals surface area contributed by atoms with Gasteiger partial charge in [0.05, 0.1) is 0 Å². The predicted molar refractivity (Wildman–Crippen MR) is 103 cm³/mol. The van der Waals surface area contributed by atoms with Gasteiger partial charge in [-0.1, -0.05) is 11.6 Å². The number of nitrogens with one attached hydrogen (secondary N) is 1. The SMILES string of the molecule is Cc1cc(Cl)ccc1OC(C)(C)C(=O)NC1[C@@H]2CC3C[C@H]1CC(N)(C3)C2. The number of hydrogen-bond acceptors (Lipinski definition) is 3. The summed E-state index contributed by atoms with van der Waals surface area (Å²) in [5, 5.41) is 3.99. The van der Waals surface area contributed by atoms with Crippen molar-refractivity contribution in [3.63, 3.8) is 0 Å². The number of amides is 1. The summed E-state index contributed by atoms with van der Waals surface area (Å²) in [6.07, 6.45) is 5.67. The zero-order chi connectivity index (χ0) is 18.7. The van der Waals surface area contributed by atoms with Crippen molar-refractivity contribution in [2.45, 2.75) is 70.1 Å². The van der Waals surface area contributed by atoms with Crippen LogP contribution >= 0.6 is 11.6 Å². The Morgan fingerprint density at radius 1 is 1.27 bits per heavy atom. The average Bonchev–Trinajstić information content (AvgIpc) is 2.51. The second-order valence-electron chi connectivity index (χ2n) is 9.35. The standard InChI is InChI=1S/C21H29ClN2O2/c1-12-6-16(22)4-5-17(12)26-20(2,3)19(25)24-18-14-7-13-8-15(18)11-21(23,9-13)10-14/h4-6,13-15,18H,7-11,23H2,1-3H3,(H,24,25)/t13?,14-,15+,18?,21?. The molecular formula is C21H29ClN2O2. The van der Waals surface area contributed by atoms with Crippen LogP contribution in [0.4, 0.5) is 0 Å². The molecule has 5 rings (SSSR count). The van der Waals surface area contributed by atoms with E-state index in [-0.39, 0.29) is 17.5 Å². The van der Waals surface area contributed by atoms with Gasteiger partial charge in [-0.15, -0.1) is 0 Å². The quantitative estimate of drug-likeness (QED) is 0.839. The van der Waals surface area contributed by atoms with Crippen LogP contribution in [-0.2, 0) is 4.79 Å². The Kier molecular flexibility index (Phi) is 4.27. The van der Waals surface area contributed by atoms with E-state index in [4.69, 9.17) is 22.1 Å². The second kappa shape index (κ2) is 6.13. The van der Waals surface area contributed by atoms with Gasteiger partial charge >= 0.3 is 0 Å². The van der Waals surface area contributed by atoms with E-state index in [1.807, 2.05) is 32.9 Å². The highest BCUT2D eigenvalue weighted by Crippen LogP contribution is 2.54. The van der Waals surface area contributed by atoms with E-state index in [2.05, 4.69) is 5.32 Å². The van der Waals surface area contributed by atoms with Crippen LogP contribution in [0.25, 0.3) is 0 Å². The van der Waals surface area contributed by atoms with Crippen molar-refractivity contribution in [3.8, 4) is 5.75 Å². The smallest absolute Gasteiger partial charge is 0.263 e. The van der Waals surface area contributed by atoms with Crippen LogP contribution in [0.1, 0.15) is 51.5 Å². The van der Waals surface area contributed by atoms with Crippen LogP contribution in [0.3, 0.4) is 0 Å². The van der Waals surface area contributed by atoms with E-state index < -0.39 is 5.60 Å². The topological polar surface area (TPSA) is 64.3 Å². The zero-order valence-electron chi connectivity index (χ0n) is 15.8. The minimum absolute atomic E-state index is 0.0180. The first-order valence-electron chi connectivity index (χ1n) is 9.70. The molecule has 5 heteroatoms. The van der Waals surface area contributed by atoms with E-state index >= 15 is 0 Å². The molecule has 0 aliphatic heterocycles. The van der Waals surface area contributed by atoms with Crippen LogP contribution in [0.15, 0.2) is 18.2 Å². The molecule has 3 unspecified atom stereocenters. The lowest BCUT2D eigenvalue weighted by Gasteiger charge is -2.59. The number of nitrogens with two attached hydrogens (primary N) is 1. The van der Waals surface area contributed by atoms with Gasteiger partial charge in [0, 0.05) is 16.6 Å². The number of carbonyl (C=O) groups excluding carboxylic acids is 1. The molecule has 26 heavy (non-hydrogen) atoms. The minimum atomic E-state index is -0.937. The van der Waals surface area contributed by atoms with E-state index in [0.717, 1.165) is 24.3 Å². The fraction of sp³-hybridized carbons (Fsp3) is 0.667. The Bertz CT molecular complexity index is 717. The summed E-state index contributed by atoms with van der Waals surface area (Å²) in [5.74, 6) is 2.44. The highest BCUT2D eigenvalue weighted by molar-refractivity contribution is 6.30. The molecule has 1 aromatic rings. The van der Waals surface area contributed by atoms with Crippen LogP contribution in [0.5, 0.6) is 5.75 Å². The molecule has 3 N–H and O–H groups in total. The maximum atomic E-state index is 13.0. The maximum Gasteiger partial charge on any atom is 0.263 e. The van der Waals surface area contributed by atoms with Crippen molar-refractivity contribution >= 4 is 17.5 Å². The molecule has 1 amide bonds. The number of rotatable bonds is 4. The molecule has 4 aliphatic carbocycles. The van der Waals surface area contributed by atoms with E-state index in [1.54, 1.807) is 6.07 Å². The normalized spacial score (nSPS) is 35.4. The summed E-state index contributed by atoms with van der Waals surface area (Å²) >= 11 is 6.02. The highest BCUT2D eigenvalue weighted by atomic mass is 35.5. The first-order chi connectivity index (χ1) is 12.2. The number of carbonyl (C=O) groups is 1. The van der Waals surface area contributed by atoms with Crippen LogP contribution in [0, 0.1) is 24.7 Å². The van der Waals surface area contributed by atoms with Gasteiger partial charge in [-0.05, 0) is 94.4 Å². The number of aryl methyl sites for hydroxylation is 1. The fourth-order valence-corrected chi connectivity index (χ4v) is 5.92. The molecule has 4 saturated carbocycles. The van der Waals surface area contributed by atoms with Gasteiger partial charge in [0.1, 0.15) is 5.75 Å². The van der Waals surface area contributed by atoms with E-state index in [0.29, 0.717) is 22.6 Å². The Morgan fingerprint density at radius 2 is 1.92 bits per heavy atom. The summed E-state index contributed by atoms with van der Waals surface area (Å²) < 4.78 is 6.07. The molecule has 0 spiro atoms. The van der Waals surface area contributed by atoms with Gasteiger partial charge in [-0.25, -0.2) is 0 Å². The van der Waals surface area contributed by atoms with E-state index in [9.17, 15) is 4.79 Å². The zero-order valence-corrected chi connectivity index (χ0v) is 16.6. The Labute approximate surface area is 160 Å². The van der Waals surface area contributed by atoms with Gasteiger partial charge in [-0.3, -0.25) is 4.79 Å². The molecule has 0 aromatic heterocycles. The Morgan fingerprint density at radius 3 is 2.50 bits per heavy atom. The third-order valence-electron chi connectivity index (χ3n) is 6.67. The number of hydrogen-bond donors (Lipinski definition) is 2. The Hall–Kier alpha value is -1.26. The van der Waals surface area contributed by atoms with Crippen molar-refractivity contribution in [3.05, 3.63) is 28.8 Å². The van der Waals surface area contributed by atoms with Crippen molar-refractivity contribution in [1.82, 2.24) is 5.32 Å². The molecule has 142 valence electrons. The number of ether oxygens (including phenoxy) is 1. The molecule has 4 bridgehead atoms. The summed E-state index contributed by atoms with van der Waals surface area (Å²) in [7, 11) is 0. The summed E-state index contributed by atoms with van der Waals surface area (Å²) in [6.45, 7) is 5.60. The van der Waals surface area contributed by atoms with Crippen molar-refractivity contribution in [1.29, 1.82) is 0 Å². The average molecular weight is 377 g/mol.